The van der Waals surface area contributed by atoms with Gasteiger partial charge >= 0.3 is 0 Å². The molecule has 1 aromatic rings. The molecule has 2 N–H and O–H groups in total. The van der Waals surface area contributed by atoms with Crippen LogP contribution in [0.15, 0.2) is 18.2 Å². The summed E-state index contributed by atoms with van der Waals surface area (Å²) in [5.74, 6) is -1.68. The van der Waals surface area contributed by atoms with Crippen LogP contribution in [0.5, 0.6) is 0 Å². The number of nitrogens with two attached hydrogens (primary N) is 1. The van der Waals surface area contributed by atoms with Gasteiger partial charge in [-0.15, -0.1) is 0 Å². The Bertz CT molecular complexity index is 408. The zero-order valence-electron chi connectivity index (χ0n) is 9.39. The number of ether oxygens (including phenoxy) is 1. The van der Waals surface area contributed by atoms with Crippen LogP contribution in [0.4, 0.5) is 8.78 Å². The monoisotopic (exact) mass is 227 g/mol. The van der Waals surface area contributed by atoms with E-state index in [1.807, 2.05) is 13.8 Å². The Morgan fingerprint density at radius 2 is 1.88 bits per heavy atom. The number of benzene rings is 1. The van der Waals surface area contributed by atoms with Crippen molar-refractivity contribution in [1.29, 1.82) is 0 Å². The Balaban J connectivity index is 2.45. The minimum absolute atomic E-state index is 0.415. The molecule has 0 saturated carbocycles. The highest BCUT2D eigenvalue weighted by Crippen LogP contribution is 2.40. The first kappa shape index (κ1) is 11.5. The van der Waals surface area contributed by atoms with Crippen molar-refractivity contribution < 1.29 is 13.5 Å². The minimum atomic E-state index is -0.840. The molecule has 16 heavy (non-hydrogen) atoms. The summed E-state index contributed by atoms with van der Waals surface area (Å²) in [4.78, 5) is 0. The lowest BCUT2D eigenvalue weighted by molar-refractivity contribution is -0.0920. The van der Waals surface area contributed by atoms with Gasteiger partial charge in [-0.3, -0.25) is 0 Å². The maximum atomic E-state index is 13.2. The molecule has 0 amide bonds. The van der Waals surface area contributed by atoms with E-state index in [4.69, 9.17) is 10.5 Å². The van der Waals surface area contributed by atoms with Crippen molar-refractivity contribution in [2.75, 3.05) is 13.2 Å². The van der Waals surface area contributed by atoms with Crippen LogP contribution in [0.25, 0.3) is 0 Å². The second-order valence-corrected chi connectivity index (χ2v) is 4.93. The van der Waals surface area contributed by atoms with Crippen molar-refractivity contribution >= 4 is 0 Å². The molecule has 1 aliphatic heterocycles. The fraction of sp³-hybridized carbons (Fsp3) is 0.500. The van der Waals surface area contributed by atoms with Crippen molar-refractivity contribution in [2.45, 2.75) is 24.8 Å². The lowest BCUT2D eigenvalue weighted by Crippen LogP contribution is -2.64. The SMILES string of the molecule is CC(C)(N)C1(c2ccc(F)c(F)c2)COC1. The van der Waals surface area contributed by atoms with Crippen LogP contribution < -0.4 is 5.73 Å². The molecule has 2 rings (SSSR count). The lowest BCUT2D eigenvalue weighted by atomic mass is 9.66. The van der Waals surface area contributed by atoms with Crippen molar-refractivity contribution in [1.82, 2.24) is 0 Å². The highest BCUT2D eigenvalue weighted by Gasteiger charge is 2.50. The fourth-order valence-corrected chi connectivity index (χ4v) is 2.01. The van der Waals surface area contributed by atoms with Gasteiger partial charge in [-0.25, -0.2) is 8.78 Å². The molecule has 0 aromatic heterocycles. The second-order valence-electron chi connectivity index (χ2n) is 4.93. The summed E-state index contributed by atoms with van der Waals surface area (Å²) in [6, 6.07) is 3.93. The van der Waals surface area contributed by atoms with Crippen LogP contribution in [0.1, 0.15) is 19.4 Å². The number of halogens is 2. The van der Waals surface area contributed by atoms with Crippen LogP contribution in [-0.4, -0.2) is 18.8 Å². The van der Waals surface area contributed by atoms with E-state index in [1.54, 1.807) is 6.07 Å². The maximum Gasteiger partial charge on any atom is 0.159 e. The molecule has 4 heteroatoms. The summed E-state index contributed by atoms with van der Waals surface area (Å²) in [5.41, 5.74) is 5.85. The van der Waals surface area contributed by atoms with Gasteiger partial charge in [0.05, 0.1) is 18.6 Å². The van der Waals surface area contributed by atoms with E-state index >= 15 is 0 Å². The van der Waals surface area contributed by atoms with Gasteiger partial charge in [0.1, 0.15) is 0 Å². The van der Waals surface area contributed by atoms with E-state index in [1.165, 1.54) is 6.07 Å². The molecule has 0 bridgehead atoms. The highest BCUT2D eigenvalue weighted by atomic mass is 19.2. The number of rotatable bonds is 2. The first-order valence-corrected chi connectivity index (χ1v) is 5.19. The quantitative estimate of drug-likeness (QED) is 0.838. The van der Waals surface area contributed by atoms with Gasteiger partial charge < -0.3 is 10.5 Å². The second kappa shape index (κ2) is 3.50. The largest absolute Gasteiger partial charge is 0.379 e. The molecule has 0 radical (unpaired) electrons. The summed E-state index contributed by atoms with van der Waals surface area (Å²) >= 11 is 0. The van der Waals surface area contributed by atoms with E-state index in [9.17, 15) is 8.78 Å². The Labute approximate surface area is 93.4 Å². The Kier molecular flexibility index (Phi) is 2.51. The first-order valence-electron chi connectivity index (χ1n) is 5.19. The Hall–Kier alpha value is -1.00. The smallest absolute Gasteiger partial charge is 0.159 e. The molecule has 1 aromatic carbocycles. The third-order valence-corrected chi connectivity index (χ3v) is 3.40. The van der Waals surface area contributed by atoms with Crippen LogP contribution in [0.2, 0.25) is 0 Å². The maximum absolute atomic E-state index is 13.2. The fourth-order valence-electron chi connectivity index (χ4n) is 2.01. The summed E-state index contributed by atoms with van der Waals surface area (Å²) in [5, 5.41) is 0. The molecule has 2 nitrogen and oxygen atoms in total. The zero-order valence-corrected chi connectivity index (χ0v) is 9.39. The molecular weight excluding hydrogens is 212 g/mol. The predicted octanol–water partition coefficient (Wildman–Crippen LogP) is 1.97. The number of hydrogen-bond acceptors (Lipinski definition) is 2. The molecule has 0 unspecified atom stereocenters. The molecular formula is C12H15F2NO. The predicted molar refractivity (Wildman–Crippen MR) is 57.1 cm³/mol. The number of hydrogen-bond donors (Lipinski definition) is 1. The molecule has 1 aliphatic rings. The van der Waals surface area contributed by atoms with E-state index in [2.05, 4.69) is 0 Å². The molecule has 0 aliphatic carbocycles. The molecule has 1 heterocycles. The molecule has 1 saturated heterocycles. The van der Waals surface area contributed by atoms with Crippen LogP contribution in [0, 0.1) is 11.6 Å². The van der Waals surface area contributed by atoms with Gasteiger partial charge in [-0.2, -0.15) is 0 Å². The van der Waals surface area contributed by atoms with Crippen LogP contribution in [-0.2, 0) is 10.2 Å². The van der Waals surface area contributed by atoms with Gasteiger partial charge in [0.15, 0.2) is 11.6 Å². The molecule has 0 atom stereocenters. The standard InChI is InChI=1S/C12H15F2NO/c1-11(2,15)12(6-16-7-12)8-3-4-9(13)10(14)5-8/h3-5H,6-7,15H2,1-2H3. The van der Waals surface area contributed by atoms with Crippen LogP contribution >= 0.6 is 0 Å². The molecule has 0 spiro atoms. The Morgan fingerprint density at radius 1 is 1.25 bits per heavy atom. The van der Waals surface area contributed by atoms with Gasteiger partial charge in [0.25, 0.3) is 0 Å². The van der Waals surface area contributed by atoms with Gasteiger partial charge in [-0.05, 0) is 31.5 Å². The summed E-state index contributed by atoms with van der Waals surface area (Å²) in [6.45, 7) is 4.64. The van der Waals surface area contributed by atoms with E-state index in [-0.39, 0.29) is 0 Å². The topological polar surface area (TPSA) is 35.2 Å². The van der Waals surface area contributed by atoms with E-state index in [0.29, 0.717) is 18.8 Å². The average Bonchev–Trinajstić information content (AvgIpc) is 2.06. The van der Waals surface area contributed by atoms with Gasteiger partial charge in [0, 0.05) is 5.54 Å². The van der Waals surface area contributed by atoms with E-state index < -0.39 is 22.6 Å². The van der Waals surface area contributed by atoms with E-state index in [0.717, 1.165) is 6.07 Å². The molecule has 88 valence electrons. The average molecular weight is 227 g/mol. The Morgan fingerprint density at radius 3 is 2.25 bits per heavy atom. The first-order chi connectivity index (χ1) is 7.37. The van der Waals surface area contributed by atoms with Crippen molar-refractivity contribution in [2.24, 2.45) is 5.73 Å². The minimum Gasteiger partial charge on any atom is -0.379 e. The summed E-state index contributed by atoms with van der Waals surface area (Å²) < 4.78 is 31.3. The normalized spacial score (nSPS) is 19.3. The van der Waals surface area contributed by atoms with Crippen molar-refractivity contribution in [3.8, 4) is 0 Å². The highest BCUT2D eigenvalue weighted by molar-refractivity contribution is 5.33. The summed E-state index contributed by atoms with van der Waals surface area (Å²) in [6.07, 6.45) is 0. The lowest BCUT2D eigenvalue weighted by Gasteiger charge is -2.51. The molecule has 1 fully saturated rings. The van der Waals surface area contributed by atoms with Crippen molar-refractivity contribution in [3.63, 3.8) is 0 Å². The van der Waals surface area contributed by atoms with Gasteiger partial charge in [0.2, 0.25) is 0 Å². The zero-order chi connectivity index (χ0) is 12.0. The van der Waals surface area contributed by atoms with Crippen LogP contribution in [0.3, 0.4) is 0 Å². The van der Waals surface area contributed by atoms with Crippen molar-refractivity contribution in [3.05, 3.63) is 35.4 Å². The summed E-state index contributed by atoms with van der Waals surface area (Å²) in [7, 11) is 0. The third kappa shape index (κ3) is 1.53. The third-order valence-electron chi connectivity index (χ3n) is 3.40. The van der Waals surface area contributed by atoms with Gasteiger partial charge in [-0.1, -0.05) is 6.07 Å².